The summed E-state index contributed by atoms with van der Waals surface area (Å²) in [4.78, 5) is 18.3. The molecule has 1 N–H and O–H groups in total. The van der Waals surface area contributed by atoms with Crippen molar-refractivity contribution in [3.05, 3.63) is 35.4 Å². The molecule has 1 amide bonds. The fourth-order valence-electron chi connectivity index (χ4n) is 2.82. The van der Waals surface area contributed by atoms with E-state index in [2.05, 4.69) is 15.9 Å². The van der Waals surface area contributed by atoms with Crippen LogP contribution in [0.4, 0.5) is 0 Å². The Balaban J connectivity index is 1.90. The van der Waals surface area contributed by atoms with E-state index in [1.54, 1.807) is 19.0 Å². The van der Waals surface area contributed by atoms with Crippen LogP contribution < -0.4 is 0 Å². The fraction of sp³-hybridized carbons (Fsp3) is 0.588. The Morgan fingerprint density at radius 2 is 1.86 bits per heavy atom. The van der Waals surface area contributed by atoms with Crippen molar-refractivity contribution >= 4 is 5.91 Å². The van der Waals surface area contributed by atoms with Gasteiger partial charge in [-0.3, -0.25) is 14.6 Å². The third-order valence-corrected chi connectivity index (χ3v) is 3.97. The third kappa shape index (κ3) is 4.80. The molecule has 1 heterocycles. The number of rotatable bonds is 5. The highest BCUT2D eigenvalue weighted by atomic mass is 16.3. The van der Waals surface area contributed by atoms with Crippen molar-refractivity contribution < 1.29 is 9.90 Å². The van der Waals surface area contributed by atoms with Crippen molar-refractivity contribution in [3.63, 3.8) is 0 Å². The number of amides is 1. The number of carbonyl (C=O) groups is 1. The molecule has 2 rings (SSSR count). The van der Waals surface area contributed by atoms with E-state index < -0.39 is 0 Å². The summed E-state index contributed by atoms with van der Waals surface area (Å²) in [6.45, 7) is 7.43. The topological polar surface area (TPSA) is 47.0 Å². The maximum Gasteiger partial charge on any atom is 0.253 e. The van der Waals surface area contributed by atoms with E-state index in [0.717, 1.165) is 44.8 Å². The minimum atomic E-state index is -0.264. The van der Waals surface area contributed by atoms with Crippen LogP contribution in [0.2, 0.25) is 0 Å². The lowest BCUT2D eigenvalue weighted by molar-refractivity contribution is 0.0780. The standard InChI is InChI=1S/C17H27N3O2/c1-14(21)12-19-7-9-20(10-8-19)13-15-5-4-6-16(11-15)17(22)18(2)3/h4-6,11,14,21H,7-10,12-13H2,1-3H3/t14-/m1/s1. The molecule has 5 heteroatoms. The van der Waals surface area contributed by atoms with E-state index in [1.807, 2.05) is 25.1 Å². The van der Waals surface area contributed by atoms with Gasteiger partial charge in [0.1, 0.15) is 0 Å². The van der Waals surface area contributed by atoms with Gasteiger partial charge in [0.15, 0.2) is 0 Å². The number of β-amino-alcohol motifs (C(OH)–C–C–N with tert-alkyl or cyclic N) is 1. The predicted octanol–water partition coefficient (Wildman–Crippen LogP) is 0.887. The Morgan fingerprint density at radius 1 is 1.23 bits per heavy atom. The number of benzene rings is 1. The van der Waals surface area contributed by atoms with Gasteiger partial charge in [0.25, 0.3) is 5.91 Å². The zero-order valence-electron chi connectivity index (χ0n) is 13.8. The fourth-order valence-corrected chi connectivity index (χ4v) is 2.82. The van der Waals surface area contributed by atoms with Gasteiger partial charge in [-0.1, -0.05) is 12.1 Å². The van der Waals surface area contributed by atoms with Crippen LogP contribution in [0, 0.1) is 0 Å². The lowest BCUT2D eigenvalue weighted by Gasteiger charge is -2.35. The Labute approximate surface area is 133 Å². The number of piperazine rings is 1. The first-order valence-electron chi connectivity index (χ1n) is 7.89. The minimum Gasteiger partial charge on any atom is -0.392 e. The van der Waals surface area contributed by atoms with E-state index in [9.17, 15) is 9.90 Å². The molecule has 0 saturated carbocycles. The maximum atomic E-state index is 12.0. The molecule has 5 nitrogen and oxygen atoms in total. The molecule has 0 unspecified atom stereocenters. The van der Waals surface area contributed by atoms with E-state index in [0.29, 0.717) is 0 Å². The van der Waals surface area contributed by atoms with E-state index in [4.69, 9.17) is 0 Å². The molecule has 122 valence electrons. The second-order valence-electron chi connectivity index (χ2n) is 6.33. The van der Waals surface area contributed by atoms with Crippen LogP contribution >= 0.6 is 0 Å². The average Bonchev–Trinajstić information content (AvgIpc) is 2.48. The summed E-state index contributed by atoms with van der Waals surface area (Å²) < 4.78 is 0. The summed E-state index contributed by atoms with van der Waals surface area (Å²) in [5.74, 6) is 0.0450. The van der Waals surface area contributed by atoms with Gasteiger partial charge in [-0.05, 0) is 24.6 Å². The van der Waals surface area contributed by atoms with Crippen molar-refractivity contribution in [2.45, 2.75) is 19.6 Å². The Morgan fingerprint density at radius 3 is 2.45 bits per heavy atom. The first-order chi connectivity index (χ1) is 10.5. The Kier molecular flexibility index (Phi) is 5.94. The van der Waals surface area contributed by atoms with Crippen LogP contribution in [-0.2, 0) is 6.54 Å². The van der Waals surface area contributed by atoms with Crippen molar-refractivity contribution in [2.24, 2.45) is 0 Å². The smallest absolute Gasteiger partial charge is 0.253 e. The van der Waals surface area contributed by atoms with Crippen LogP contribution in [0.1, 0.15) is 22.8 Å². The van der Waals surface area contributed by atoms with Crippen molar-refractivity contribution in [3.8, 4) is 0 Å². The van der Waals surface area contributed by atoms with Crippen LogP contribution in [0.15, 0.2) is 24.3 Å². The van der Waals surface area contributed by atoms with Crippen molar-refractivity contribution in [1.29, 1.82) is 0 Å². The number of aliphatic hydroxyl groups is 1. The summed E-state index contributed by atoms with van der Waals surface area (Å²) in [7, 11) is 3.55. The average molecular weight is 305 g/mol. The summed E-state index contributed by atoms with van der Waals surface area (Å²) in [6.07, 6.45) is -0.264. The molecule has 0 aromatic heterocycles. The van der Waals surface area contributed by atoms with Crippen molar-refractivity contribution in [1.82, 2.24) is 14.7 Å². The van der Waals surface area contributed by atoms with Crippen LogP contribution in [0.3, 0.4) is 0 Å². The molecule has 1 aliphatic rings. The number of aliphatic hydroxyl groups excluding tert-OH is 1. The number of hydrogen-bond donors (Lipinski definition) is 1. The zero-order valence-corrected chi connectivity index (χ0v) is 13.8. The van der Waals surface area contributed by atoms with Crippen LogP contribution in [-0.4, -0.2) is 78.6 Å². The summed E-state index contributed by atoms with van der Waals surface area (Å²) in [6, 6.07) is 7.89. The molecule has 22 heavy (non-hydrogen) atoms. The Bertz CT molecular complexity index is 494. The Hall–Kier alpha value is -1.43. The van der Waals surface area contributed by atoms with E-state index in [-0.39, 0.29) is 12.0 Å². The zero-order chi connectivity index (χ0) is 16.1. The molecule has 1 aromatic rings. The lowest BCUT2D eigenvalue weighted by Crippen LogP contribution is -2.47. The highest BCUT2D eigenvalue weighted by molar-refractivity contribution is 5.94. The molecule has 1 atom stereocenters. The van der Waals surface area contributed by atoms with Crippen LogP contribution in [0.5, 0.6) is 0 Å². The predicted molar refractivity (Wildman–Crippen MR) is 87.9 cm³/mol. The molecule has 0 spiro atoms. The SMILES string of the molecule is C[C@@H](O)CN1CCN(Cc2cccc(C(=O)N(C)C)c2)CC1. The van der Waals surface area contributed by atoms with Gasteiger partial charge in [0.2, 0.25) is 0 Å². The molecular formula is C17H27N3O2. The number of nitrogens with zero attached hydrogens (tertiary/aromatic N) is 3. The molecule has 1 aliphatic heterocycles. The molecular weight excluding hydrogens is 278 g/mol. The largest absolute Gasteiger partial charge is 0.392 e. The molecule has 0 aliphatic carbocycles. The van der Waals surface area contributed by atoms with Gasteiger partial charge >= 0.3 is 0 Å². The monoisotopic (exact) mass is 305 g/mol. The lowest BCUT2D eigenvalue weighted by atomic mass is 10.1. The third-order valence-electron chi connectivity index (χ3n) is 3.97. The molecule has 1 aromatic carbocycles. The van der Waals surface area contributed by atoms with E-state index in [1.165, 1.54) is 5.56 Å². The summed E-state index contributed by atoms with van der Waals surface area (Å²) in [5, 5.41) is 9.44. The van der Waals surface area contributed by atoms with Crippen LogP contribution in [0.25, 0.3) is 0 Å². The van der Waals surface area contributed by atoms with Gasteiger partial charge in [0.05, 0.1) is 6.10 Å². The molecule has 0 bridgehead atoms. The first-order valence-corrected chi connectivity index (χ1v) is 7.89. The highest BCUT2D eigenvalue weighted by Crippen LogP contribution is 2.12. The first kappa shape index (κ1) is 16.9. The molecule has 1 saturated heterocycles. The summed E-state index contributed by atoms with van der Waals surface area (Å²) >= 11 is 0. The second-order valence-corrected chi connectivity index (χ2v) is 6.33. The summed E-state index contributed by atoms with van der Waals surface area (Å²) in [5.41, 5.74) is 1.92. The van der Waals surface area contributed by atoms with Gasteiger partial charge in [-0.25, -0.2) is 0 Å². The number of hydrogen-bond acceptors (Lipinski definition) is 4. The highest BCUT2D eigenvalue weighted by Gasteiger charge is 2.18. The van der Waals surface area contributed by atoms with Crippen molar-refractivity contribution in [2.75, 3.05) is 46.8 Å². The number of carbonyl (C=O) groups excluding carboxylic acids is 1. The molecule has 0 radical (unpaired) electrons. The van der Waals surface area contributed by atoms with Gasteiger partial charge < -0.3 is 10.0 Å². The van der Waals surface area contributed by atoms with Gasteiger partial charge in [-0.2, -0.15) is 0 Å². The maximum absolute atomic E-state index is 12.0. The molecule has 1 fully saturated rings. The quantitative estimate of drug-likeness (QED) is 0.877. The van der Waals surface area contributed by atoms with Gasteiger partial charge in [0, 0.05) is 58.9 Å². The second kappa shape index (κ2) is 7.72. The minimum absolute atomic E-state index is 0.0450. The normalized spacial score (nSPS) is 18.2. The van der Waals surface area contributed by atoms with E-state index >= 15 is 0 Å². The van der Waals surface area contributed by atoms with Gasteiger partial charge in [-0.15, -0.1) is 0 Å².